The Labute approximate surface area is 192 Å². The number of aromatic nitrogens is 4. The topological polar surface area (TPSA) is 151 Å². The van der Waals surface area contributed by atoms with E-state index in [0.717, 1.165) is 35.0 Å². The van der Waals surface area contributed by atoms with Gasteiger partial charge in [0.25, 0.3) is 5.91 Å². The van der Waals surface area contributed by atoms with Crippen molar-refractivity contribution < 1.29 is 9.59 Å². The van der Waals surface area contributed by atoms with Gasteiger partial charge < -0.3 is 21.3 Å². The molecular formula is C19H23N9O2S2. The van der Waals surface area contributed by atoms with Crippen LogP contribution in [0, 0.1) is 13.8 Å². The van der Waals surface area contributed by atoms with Crippen molar-refractivity contribution in [3.8, 4) is 0 Å². The summed E-state index contributed by atoms with van der Waals surface area (Å²) in [7, 11) is 0. The van der Waals surface area contributed by atoms with Gasteiger partial charge in [0.1, 0.15) is 10.8 Å². The summed E-state index contributed by atoms with van der Waals surface area (Å²) in [6, 6.07) is 1.50. The summed E-state index contributed by atoms with van der Waals surface area (Å²) in [6.07, 6.45) is 4.97. The number of nitrogens with one attached hydrogen (secondary N) is 3. The number of carbonyl (C=O) groups is 2. The van der Waals surface area contributed by atoms with E-state index in [-0.39, 0.29) is 23.6 Å². The van der Waals surface area contributed by atoms with Crippen LogP contribution in [0.25, 0.3) is 0 Å². The van der Waals surface area contributed by atoms with Gasteiger partial charge in [0.2, 0.25) is 0 Å². The highest BCUT2D eigenvalue weighted by Gasteiger charge is 2.24. The minimum atomic E-state index is -0.667. The molecule has 1 unspecified atom stereocenters. The lowest BCUT2D eigenvalue weighted by Gasteiger charge is -2.33. The van der Waals surface area contributed by atoms with Crippen LogP contribution in [0.15, 0.2) is 18.5 Å². The van der Waals surface area contributed by atoms with Gasteiger partial charge in [-0.25, -0.2) is 19.7 Å². The van der Waals surface area contributed by atoms with Crippen molar-refractivity contribution in [2.45, 2.75) is 32.7 Å². The first kappa shape index (κ1) is 21.9. The fraction of sp³-hybridized carbons (Fsp3) is 0.368. The lowest BCUT2D eigenvalue weighted by Crippen LogP contribution is -2.49. The number of aryl methyl sites for hydroxylation is 2. The minimum absolute atomic E-state index is 0.0598. The number of piperidine rings is 1. The molecule has 32 heavy (non-hydrogen) atoms. The maximum Gasteiger partial charge on any atom is 0.321 e. The third-order valence-corrected chi connectivity index (χ3v) is 6.41. The van der Waals surface area contributed by atoms with Gasteiger partial charge >= 0.3 is 6.03 Å². The van der Waals surface area contributed by atoms with E-state index in [2.05, 4.69) is 35.3 Å². The molecule has 3 aromatic heterocycles. The molecule has 3 amide bonds. The first-order chi connectivity index (χ1) is 15.4. The third-order valence-electron chi connectivity index (χ3n) is 4.79. The van der Waals surface area contributed by atoms with Crippen molar-refractivity contribution in [2.24, 2.45) is 5.73 Å². The zero-order chi connectivity index (χ0) is 22.7. The van der Waals surface area contributed by atoms with Crippen LogP contribution in [0.4, 0.5) is 26.6 Å². The Morgan fingerprint density at radius 3 is 2.78 bits per heavy atom. The molecule has 4 heterocycles. The van der Waals surface area contributed by atoms with Gasteiger partial charge in [-0.3, -0.25) is 10.1 Å². The first-order valence-electron chi connectivity index (χ1n) is 9.99. The van der Waals surface area contributed by atoms with E-state index < -0.39 is 5.91 Å². The standard InChI is InChI=1S/C19H23N9O2S2/c1-10-6-14(32-27-10)25-17-15(16(20)29)21-8-13(24-17)28-5-3-4-12(9-28)23-18(30)26-19-22-7-11(2)31-19/h6-8,12H,3-5,9H2,1-2H3,(H2,20,29)(H,24,25)(H2,22,23,26,30). The number of primary amides is 1. The summed E-state index contributed by atoms with van der Waals surface area (Å²) in [5.41, 5.74) is 6.40. The predicted molar refractivity (Wildman–Crippen MR) is 125 cm³/mol. The Kier molecular flexibility index (Phi) is 6.46. The van der Waals surface area contributed by atoms with E-state index in [1.54, 1.807) is 6.20 Å². The molecule has 1 atom stereocenters. The summed E-state index contributed by atoms with van der Waals surface area (Å²) in [5, 5.41) is 10.2. The number of thiazole rings is 1. The number of anilines is 4. The molecule has 0 saturated carbocycles. The molecule has 0 aromatic carbocycles. The number of hydrogen-bond acceptors (Lipinski definition) is 10. The molecule has 0 aliphatic carbocycles. The molecule has 1 saturated heterocycles. The summed E-state index contributed by atoms with van der Waals surface area (Å²) in [4.78, 5) is 40.2. The molecule has 3 aromatic rings. The molecule has 0 radical (unpaired) electrons. The zero-order valence-electron chi connectivity index (χ0n) is 17.6. The van der Waals surface area contributed by atoms with E-state index in [1.165, 1.54) is 29.1 Å². The number of urea groups is 1. The van der Waals surface area contributed by atoms with Gasteiger partial charge in [0.05, 0.1) is 11.9 Å². The number of nitrogens with two attached hydrogens (primary N) is 1. The second-order valence-electron chi connectivity index (χ2n) is 7.41. The second-order valence-corrected chi connectivity index (χ2v) is 9.45. The van der Waals surface area contributed by atoms with Gasteiger partial charge in [0.15, 0.2) is 16.6 Å². The minimum Gasteiger partial charge on any atom is -0.364 e. The van der Waals surface area contributed by atoms with Crippen molar-refractivity contribution in [3.05, 3.63) is 34.7 Å². The second kappa shape index (κ2) is 9.44. The number of carbonyl (C=O) groups excluding carboxylic acids is 2. The van der Waals surface area contributed by atoms with Gasteiger partial charge in [-0.05, 0) is 44.3 Å². The normalized spacial score (nSPS) is 15.9. The Balaban J connectivity index is 1.45. The smallest absolute Gasteiger partial charge is 0.321 e. The third kappa shape index (κ3) is 5.29. The van der Waals surface area contributed by atoms with Gasteiger partial charge in [-0.15, -0.1) is 11.3 Å². The highest BCUT2D eigenvalue weighted by atomic mass is 32.1. The predicted octanol–water partition coefficient (Wildman–Crippen LogP) is 2.64. The maximum absolute atomic E-state index is 12.3. The Morgan fingerprint density at radius 1 is 1.25 bits per heavy atom. The molecule has 0 spiro atoms. The van der Waals surface area contributed by atoms with Crippen LogP contribution in [-0.2, 0) is 0 Å². The van der Waals surface area contributed by atoms with Crippen LogP contribution in [-0.4, -0.2) is 50.4 Å². The maximum atomic E-state index is 12.3. The van der Waals surface area contributed by atoms with Gasteiger partial charge in [0, 0.05) is 30.2 Å². The quantitative estimate of drug-likeness (QED) is 0.426. The summed E-state index contributed by atoms with van der Waals surface area (Å²) in [6.45, 7) is 5.14. The molecule has 1 aliphatic heterocycles. The molecule has 1 aliphatic rings. The number of nitrogens with zero attached hydrogens (tertiary/aromatic N) is 5. The molecule has 5 N–H and O–H groups in total. The highest BCUT2D eigenvalue weighted by Crippen LogP contribution is 2.25. The van der Waals surface area contributed by atoms with Crippen LogP contribution < -0.4 is 26.6 Å². The lowest BCUT2D eigenvalue weighted by molar-refractivity contribution is 0.0996. The van der Waals surface area contributed by atoms with E-state index >= 15 is 0 Å². The van der Waals surface area contributed by atoms with Crippen LogP contribution in [0.3, 0.4) is 0 Å². The van der Waals surface area contributed by atoms with Crippen LogP contribution in [0.5, 0.6) is 0 Å². The fourth-order valence-corrected chi connectivity index (χ4v) is 4.69. The number of hydrogen-bond donors (Lipinski definition) is 4. The Morgan fingerprint density at radius 2 is 2.09 bits per heavy atom. The van der Waals surface area contributed by atoms with Crippen LogP contribution in [0.1, 0.15) is 33.9 Å². The monoisotopic (exact) mass is 473 g/mol. The van der Waals surface area contributed by atoms with Crippen molar-refractivity contribution in [1.29, 1.82) is 0 Å². The van der Waals surface area contributed by atoms with Crippen molar-refractivity contribution in [1.82, 2.24) is 24.6 Å². The molecule has 168 valence electrons. The SMILES string of the molecule is Cc1cc(Nc2nc(N3CCCC(NC(=O)Nc4ncc(C)s4)C3)cnc2C(N)=O)sn1. The van der Waals surface area contributed by atoms with E-state index in [4.69, 9.17) is 5.73 Å². The summed E-state index contributed by atoms with van der Waals surface area (Å²) in [5.74, 6) is 0.215. The molecule has 4 rings (SSSR count). The Bertz CT molecular complexity index is 1130. The largest absolute Gasteiger partial charge is 0.364 e. The van der Waals surface area contributed by atoms with E-state index in [9.17, 15) is 9.59 Å². The summed E-state index contributed by atoms with van der Waals surface area (Å²) < 4.78 is 4.22. The molecule has 0 bridgehead atoms. The average molecular weight is 474 g/mol. The summed E-state index contributed by atoms with van der Waals surface area (Å²) >= 11 is 2.69. The lowest BCUT2D eigenvalue weighted by atomic mass is 10.1. The first-order valence-corrected chi connectivity index (χ1v) is 11.6. The molecule has 1 fully saturated rings. The van der Waals surface area contributed by atoms with Crippen molar-refractivity contribution in [3.63, 3.8) is 0 Å². The molecular weight excluding hydrogens is 450 g/mol. The molecule has 13 heteroatoms. The zero-order valence-corrected chi connectivity index (χ0v) is 19.2. The van der Waals surface area contributed by atoms with Gasteiger partial charge in [-0.1, -0.05) is 0 Å². The molecule has 11 nitrogen and oxygen atoms in total. The average Bonchev–Trinajstić information content (AvgIpc) is 3.35. The van der Waals surface area contributed by atoms with Crippen molar-refractivity contribution >= 4 is 56.6 Å². The van der Waals surface area contributed by atoms with E-state index in [1.807, 2.05) is 24.8 Å². The van der Waals surface area contributed by atoms with E-state index in [0.29, 0.717) is 17.5 Å². The Hall–Kier alpha value is -3.32. The van der Waals surface area contributed by atoms with Crippen LogP contribution in [0.2, 0.25) is 0 Å². The van der Waals surface area contributed by atoms with Crippen LogP contribution >= 0.6 is 22.9 Å². The highest BCUT2D eigenvalue weighted by molar-refractivity contribution is 7.15. The number of amides is 3. The fourth-order valence-electron chi connectivity index (χ4n) is 3.37. The van der Waals surface area contributed by atoms with Gasteiger partial charge in [-0.2, -0.15) is 4.37 Å². The number of rotatable bonds is 6. The van der Waals surface area contributed by atoms with Crippen molar-refractivity contribution in [2.75, 3.05) is 28.6 Å².